The van der Waals surface area contributed by atoms with Crippen LogP contribution in [0.5, 0.6) is 0 Å². The largest absolute Gasteiger partial charge is 0.389 e. The maximum atomic E-state index is 9.89. The van der Waals surface area contributed by atoms with E-state index in [0.717, 1.165) is 24.8 Å². The lowest BCUT2D eigenvalue weighted by Gasteiger charge is -2.19. The van der Waals surface area contributed by atoms with Gasteiger partial charge in [0, 0.05) is 17.6 Å². The lowest BCUT2D eigenvalue weighted by Crippen LogP contribution is -2.37. The van der Waals surface area contributed by atoms with E-state index in [9.17, 15) is 5.11 Å². The number of nitrogens with one attached hydrogen (secondary N) is 1. The maximum absolute atomic E-state index is 9.89. The van der Waals surface area contributed by atoms with Crippen molar-refractivity contribution in [1.29, 1.82) is 0 Å². The quantitative estimate of drug-likeness (QED) is 0.696. The zero-order chi connectivity index (χ0) is 14.8. The maximum Gasteiger partial charge on any atom is 0.0897 e. The topological polar surface area (TPSA) is 41.5 Å². The van der Waals surface area contributed by atoms with Crippen LogP contribution in [0, 0.1) is 0 Å². The van der Waals surface area contributed by atoms with Gasteiger partial charge < -0.3 is 15.2 Å². The summed E-state index contributed by atoms with van der Waals surface area (Å²) in [6, 6.07) is 8.08. The van der Waals surface area contributed by atoms with E-state index < -0.39 is 6.10 Å². The molecule has 2 unspecified atom stereocenters. The first-order valence-corrected chi connectivity index (χ1v) is 7.77. The molecule has 0 amide bonds. The molecule has 2 atom stereocenters. The molecule has 0 heterocycles. The first-order valence-electron chi connectivity index (χ1n) is 7.39. The molecule has 3 nitrogen and oxygen atoms in total. The fraction of sp³-hybridized carbons (Fsp3) is 0.625. The fourth-order valence-electron chi connectivity index (χ4n) is 2.08. The standard InChI is InChI=1S/C16H26ClNO2/c1-3-7-14(4-2)18-10-15(19)12-20-11-13-8-5-6-9-16(13)17/h5-6,8-9,14-15,18-19H,3-4,7,10-12H2,1-2H3. The molecule has 0 aliphatic carbocycles. The zero-order valence-corrected chi connectivity index (χ0v) is 13.2. The second kappa shape index (κ2) is 10.2. The third-order valence-corrected chi connectivity index (χ3v) is 3.67. The molecule has 0 bridgehead atoms. The van der Waals surface area contributed by atoms with Gasteiger partial charge in [-0.2, -0.15) is 0 Å². The van der Waals surface area contributed by atoms with Gasteiger partial charge in [0.1, 0.15) is 0 Å². The van der Waals surface area contributed by atoms with Crippen molar-refractivity contribution in [2.24, 2.45) is 0 Å². The fourth-order valence-corrected chi connectivity index (χ4v) is 2.27. The SMILES string of the molecule is CCCC(CC)NCC(O)COCc1ccccc1Cl. The van der Waals surface area contributed by atoms with Gasteiger partial charge in [-0.15, -0.1) is 0 Å². The second-order valence-corrected chi connectivity index (χ2v) is 5.47. The number of hydrogen-bond donors (Lipinski definition) is 2. The molecule has 2 N–H and O–H groups in total. The molecule has 0 saturated carbocycles. The Morgan fingerprint density at radius 3 is 2.70 bits per heavy atom. The molecular weight excluding hydrogens is 274 g/mol. The average Bonchev–Trinajstić information content (AvgIpc) is 2.45. The van der Waals surface area contributed by atoms with Crippen LogP contribution in [0.3, 0.4) is 0 Å². The lowest BCUT2D eigenvalue weighted by atomic mass is 10.1. The Balaban J connectivity index is 2.20. The van der Waals surface area contributed by atoms with Crippen molar-refractivity contribution in [2.75, 3.05) is 13.2 Å². The van der Waals surface area contributed by atoms with Gasteiger partial charge in [-0.05, 0) is 24.5 Å². The van der Waals surface area contributed by atoms with E-state index in [4.69, 9.17) is 16.3 Å². The Morgan fingerprint density at radius 1 is 1.30 bits per heavy atom. The second-order valence-electron chi connectivity index (χ2n) is 5.06. The number of halogens is 1. The Kier molecular flexibility index (Phi) is 8.86. The van der Waals surface area contributed by atoms with Crippen LogP contribution in [0.4, 0.5) is 0 Å². The van der Waals surface area contributed by atoms with Crippen LogP contribution in [0.2, 0.25) is 5.02 Å². The normalized spacial score (nSPS) is 14.2. The first kappa shape index (κ1) is 17.4. The lowest BCUT2D eigenvalue weighted by molar-refractivity contribution is 0.0274. The van der Waals surface area contributed by atoms with Crippen LogP contribution in [-0.4, -0.2) is 30.4 Å². The number of aliphatic hydroxyl groups excluding tert-OH is 1. The van der Waals surface area contributed by atoms with Crippen molar-refractivity contribution in [1.82, 2.24) is 5.32 Å². The highest BCUT2D eigenvalue weighted by Gasteiger charge is 2.09. The highest BCUT2D eigenvalue weighted by Crippen LogP contribution is 2.15. The minimum absolute atomic E-state index is 0.320. The van der Waals surface area contributed by atoms with Gasteiger partial charge >= 0.3 is 0 Å². The number of ether oxygens (including phenoxy) is 1. The predicted octanol–water partition coefficient (Wildman–Crippen LogP) is 3.39. The molecule has 114 valence electrons. The molecule has 1 aromatic carbocycles. The summed E-state index contributed by atoms with van der Waals surface area (Å²) in [6.07, 6.45) is 2.90. The molecule has 20 heavy (non-hydrogen) atoms. The molecule has 1 rings (SSSR count). The summed E-state index contributed by atoms with van der Waals surface area (Å²) in [7, 11) is 0. The molecule has 0 spiro atoms. The number of aliphatic hydroxyl groups is 1. The highest BCUT2D eigenvalue weighted by atomic mass is 35.5. The summed E-state index contributed by atoms with van der Waals surface area (Å²) in [6.45, 7) is 5.66. The van der Waals surface area contributed by atoms with E-state index >= 15 is 0 Å². The molecule has 0 radical (unpaired) electrons. The zero-order valence-electron chi connectivity index (χ0n) is 12.4. The van der Waals surface area contributed by atoms with Crippen molar-refractivity contribution in [3.63, 3.8) is 0 Å². The van der Waals surface area contributed by atoms with Crippen LogP contribution in [0.15, 0.2) is 24.3 Å². The van der Waals surface area contributed by atoms with Crippen molar-refractivity contribution < 1.29 is 9.84 Å². The number of hydrogen-bond acceptors (Lipinski definition) is 3. The predicted molar refractivity (Wildman–Crippen MR) is 84.1 cm³/mol. The minimum atomic E-state index is -0.483. The molecule has 0 aromatic heterocycles. The van der Waals surface area contributed by atoms with Crippen LogP contribution in [0.25, 0.3) is 0 Å². The summed E-state index contributed by atoms with van der Waals surface area (Å²) >= 11 is 6.04. The Morgan fingerprint density at radius 2 is 2.05 bits per heavy atom. The summed E-state index contributed by atoms with van der Waals surface area (Å²) in [5, 5.41) is 14.0. The van der Waals surface area contributed by atoms with Gasteiger partial charge in [0.15, 0.2) is 0 Å². The van der Waals surface area contributed by atoms with Gasteiger partial charge in [-0.3, -0.25) is 0 Å². The van der Waals surface area contributed by atoms with Crippen molar-refractivity contribution >= 4 is 11.6 Å². The Bertz CT molecular complexity index is 373. The number of rotatable bonds is 10. The third kappa shape index (κ3) is 6.71. The van der Waals surface area contributed by atoms with E-state index in [1.165, 1.54) is 0 Å². The van der Waals surface area contributed by atoms with E-state index in [-0.39, 0.29) is 0 Å². The minimum Gasteiger partial charge on any atom is -0.389 e. The van der Waals surface area contributed by atoms with Gasteiger partial charge in [-0.1, -0.05) is 50.1 Å². The van der Waals surface area contributed by atoms with Crippen LogP contribution in [-0.2, 0) is 11.3 Å². The molecular formula is C16H26ClNO2. The summed E-state index contributed by atoms with van der Waals surface area (Å²) in [5.74, 6) is 0. The molecule has 0 saturated heterocycles. The smallest absolute Gasteiger partial charge is 0.0897 e. The van der Waals surface area contributed by atoms with Crippen LogP contribution < -0.4 is 5.32 Å². The van der Waals surface area contributed by atoms with Crippen molar-refractivity contribution in [3.05, 3.63) is 34.9 Å². The molecule has 0 fully saturated rings. The highest BCUT2D eigenvalue weighted by molar-refractivity contribution is 6.31. The van der Waals surface area contributed by atoms with E-state index in [1.54, 1.807) is 0 Å². The Labute approximate surface area is 127 Å². The number of benzene rings is 1. The van der Waals surface area contributed by atoms with E-state index in [2.05, 4.69) is 19.2 Å². The monoisotopic (exact) mass is 299 g/mol. The van der Waals surface area contributed by atoms with Gasteiger partial charge in [0.2, 0.25) is 0 Å². The molecule has 0 aliphatic rings. The van der Waals surface area contributed by atoms with Gasteiger partial charge in [0.25, 0.3) is 0 Å². The van der Waals surface area contributed by atoms with Gasteiger partial charge in [0.05, 0.1) is 19.3 Å². The molecule has 4 heteroatoms. The van der Waals surface area contributed by atoms with Crippen molar-refractivity contribution in [3.8, 4) is 0 Å². The Hall–Kier alpha value is -0.610. The average molecular weight is 300 g/mol. The van der Waals surface area contributed by atoms with Gasteiger partial charge in [-0.25, -0.2) is 0 Å². The van der Waals surface area contributed by atoms with Crippen LogP contribution in [0.1, 0.15) is 38.7 Å². The third-order valence-electron chi connectivity index (χ3n) is 3.30. The first-order chi connectivity index (χ1) is 9.67. The molecule has 0 aliphatic heterocycles. The van der Waals surface area contributed by atoms with Crippen molar-refractivity contribution in [2.45, 2.75) is 51.9 Å². The summed E-state index contributed by atoms with van der Waals surface area (Å²) in [5.41, 5.74) is 0.951. The summed E-state index contributed by atoms with van der Waals surface area (Å²) in [4.78, 5) is 0. The van der Waals surface area contributed by atoms with E-state index in [1.807, 2.05) is 24.3 Å². The van der Waals surface area contributed by atoms with E-state index in [0.29, 0.717) is 30.8 Å². The summed E-state index contributed by atoms with van der Waals surface area (Å²) < 4.78 is 5.51. The molecule has 1 aromatic rings. The van der Waals surface area contributed by atoms with Crippen LogP contribution >= 0.6 is 11.6 Å².